The Morgan fingerprint density at radius 3 is 2.45 bits per heavy atom. The van der Waals surface area contributed by atoms with Gasteiger partial charge < -0.3 is 4.52 Å². The van der Waals surface area contributed by atoms with Crippen molar-refractivity contribution in [3.63, 3.8) is 0 Å². The first-order valence-corrected chi connectivity index (χ1v) is 7.83. The number of hydrogen-bond acceptors (Lipinski definition) is 4. The minimum atomic E-state index is -0.146. The van der Waals surface area contributed by atoms with Gasteiger partial charge in [0.15, 0.2) is 11.5 Å². The zero-order valence-electron chi connectivity index (χ0n) is 11.7. The van der Waals surface area contributed by atoms with E-state index in [1.54, 1.807) is 18.2 Å². The van der Waals surface area contributed by atoms with E-state index in [2.05, 4.69) is 5.16 Å². The topological polar surface area (TPSA) is 43.1 Å². The zero-order valence-corrected chi connectivity index (χ0v) is 13.3. The standard InChI is InChI=1S/C17H12ClNO2S/c1-11-2-8-14(9-3-11)22-17(20)15-10-16(21-19-15)12-4-6-13(18)7-5-12/h2-10H,1H3. The Kier molecular flexibility index (Phi) is 4.32. The van der Waals surface area contributed by atoms with E-state index < -0.39 is 0 Å². The number of carbonyl (C=O) groups is 1. The molecule has 1 aromatic heterocycles. The summed E-state index contributed by atoms with van der Waals surface area (Å²) in [5, 5.41) is 4.35. The van der Waals surface area contributed by atoms with Crippen LogP contribution < -0.4 is 0 Å². The average Bonchev–Trinajstić information content (AvgIpc) is 3.00. The second-order valence-electron chi connectivity index (χ2n) is 4.79. The molecule has 22 heavy (non-hydrogen) atoms. The molecule has 3 rings (SSSR count). The highest BCUT2D eigenvalue weighted by Crippen LogP contribution is 2.26. The second kappa shape index (κ2) is 6.38. The summed E-state index contributed by atoms with van der Waals surface area (Å²) in [7, 11) is 0. The van der Waals surface area contributed by atoms with E-state index in [0.29, 0.717) is 16.5 Å². The molecule has 0 atom stereocenters. The van der Waals surface area contributed by atoms with Crippen LogP contribution in [0.4, 0.5) is 0 Å². The first-order chi connectivity index (χ1) is 10.6. The summed E-state index contributed by atoms with van der Waals surface area (Å²) in [6.07, 6.45) is 0. The average molecular weight is 330 g/mol. The van der Waals surface area contributed by atoms with Crippen LogP contribution in [0.25, 0.3) is 11.3 Å². The van der Waals surface area contributed by atoms with Crippen molar-refractivity contribution in [1.29, 1.82) is 0 Å². The monoisotopic (exact) mass is 329 g/mol. The van der Waals surface area contributed by atoms with E-state index in [9.17, 15) is 4.79 Å². The highest BCUT2D eigenvalue weighted by atomic mass is 35.5. The Morgan fingerprint density at radius 2 is 1.77 bits per heavy atom. The number of thioether (sulfide) groups is 1. The Balaban J connectivity index is 1.76. The van der Waals surface area contributed by atoms with Crippen molar-refractivity contribution in [2.24, 2.45) is 0 Å². The Hall–Kier alpha value is -2.04. The molecule has 3 aromatic rings. The molecule has 0 aliphatic carbocycles. The van der Waals surface area contributed by atoms with Crippen molar-refractivity contribution in [2.45, 2.75) is 11.8 Å². The van der Waals surface area contributed by atoms with Gasteiger partial charge in [0.1, 0.15) is 0 Å². The largest absolute Gasteiger partial charge is 0.356 e. The van der Waals surface area contributed by atoms with Crippen LogP contribution in [0.15, 0.2) is 64.0 Å². The first kappa shape index (κ1) is 14.9. The fourth-order valence-corrected chi connectivity index (χ4v) is 2.70. The summed E-state index contributed by atoms with van der Waals surface area (Å²) in [6.45, 7) is 2.01. The third kappa shape index (κ3) is 3.40. The van der Waals surface area contributed by atoms with Crippen LogP contribution in [-0.4, -0.2) is 10.3 Å². The molecule has 1 heterocycles. The molecule has 0 saturated heterocycles. The quantitative estimate of drug-likeness (QED) is 0.617. The van der Waals surface area contributed by atoms with Crippen LogP contribution in [-0.2, 0) is 0 Å². The molecular weight excluding hydrogens is 318 g/mol. The van der Waals surface area contributed by atoms with Gasteiger partial charge in [0.05, 0.1) is 0 Å². The van der Waals surface area contributed by atoms with Crippen LogP contribution in [0.5, 0.6) is 0 Å². The van der Waals surface area contributed by atoms with Crippen LogP contribution >= 0.6 is 23.4 Å². The van der Waals surface area contributed by atoms with Gasteiger partial charge in [-0.15, -0.1) is 0 Å². The van der Waals surface area contributed by atoms with Gasteiger partial charge in [-0.3, -0.25) is 4.79 Å². The Morgan fingerprint density at radius 1 is 1.09 bits per heavy atom. The molecule has 5 heteroatoms. The lowest BCUT2D eigenvalue weighted by Crippen LogP contribution is -1.92. The minimum Gasteiger partial charge on any atom is -0.356 e. The van der Waals surface area contributed by atoms with Crippen molar-refractivity contribution in [2.75, 3.05) is 0 Å². The van der Waals surface area contributed by atoms with Crippen LogP contribution in [0.3, 0.4) is 0 Å². The molecule has 110 valence electrons. The molecule has 2 aromatic carbocycles. The number of aryl methyl sites for hydroxylation is 1. The summed E-state index contributed by atoms with van der Waals surface area (Å²) >= 11 is 6.99. The van der Waals surface area contributed by atoms with Crippen molar-refractivity contribution >= 4 is 28.5 Å². The predicted octanol–water partition coefficient (Wildman–Crippen LogP) is 5.24. The molecule has 0 bridgehead atoms. The van der Waals surface area contributed by atoms with Gasteiger partial charge in [-0.2, -0.15) is 0 Å². The van der Waals surface area contributed by atoms with Crippen LogP contribution in [0, 0.1) is 6.92 Å². The molecule has 0 spiro atoms. The van der Waals surface area contributed by atoms with Crippen molar-refractivity contribution in [1.82, 2.24) is 5.16 Å². The molecule has 3 nitrogen and oxygen atoms in total. The number of halogens is 1. The fourth-order valence-electron chi connectivity index (χ4n) is 1.89. The Bertz CT molecular complexity index is 794. The molecule has 0 aliphatic heterocycles. The van der Waals surface area contributed by atoms with Crippen molar-refractivity contribution < 1.29 is 9.32 Å². The molecule has 0 saturated carbocycles. The smallest absolute Gasteiger partial charge is 0.246 e. The van der Waals surface area contributed by atoms with E-state index in [-0.39, 0.29) is 5.12 Å². The predicted molar refractivity (Wildman–Crippen MR) is 88.3 cm³/mol. The van der Waals surface area contributed by atoms with E-state index in [1.165, 1.54) is 0 Å². The SMILES string of the molecule is Cc1ccc(SC(=O)c2cc(-c3ccc(Cl)cc3)on2)cc1. The molecule has 0 radical (unpaired) electrons. The number of carbonyl (C=O) groups excluding carboxylic acids is 1. The van der Waals surface area contributed by atoms with E-state index in [4.69, 9.17) is 16.1 Å². The minimum absolute atomic E-state index is 0.146. The number of rotatable bonds is 3. The molecular formula is C17H12ClNO2S. The maximum Gasteiger partial charge on any atom is 0.246 e. The summed E-state index contributed by atoms with van der Waals surface area (Å²) < 4.78 is 5.24. The zero-order chi connectivity index (χ0) is 15.5. The number of aromatic nitrogens is 1. The van der Waals surface area contributed by atoms with Gasteiger partial charge in [-0.1, -0.05) is 34.5 Å². The molecule has 0 unspecified atom stereocenters. The van der Waals surface area contributed by atoms with Crippen molar-refractivity contribution in [3.05, 3.63) is 70.9 Å². The van der Waals surface area contributed by atoms with Gasteiger partial charge in [0.25, 0.3) is 0 Å². The summed E-state index contributed by atoms with van der Waals surface area (Å²) in [6, 6.07) is 16.6. The molecule has 0 amide bonds. The normalized spacial score (nSPS) is 10.6. The lowest BCUT2D eigenvalue weighted by molar-refractivity contribution is 0.108. The summed E-state index contributed by atoms with van der Waals surface area (Å²) in [5.74, 6) is 0.546. The van der Waals surface area contributed by atoms with E-state index >= 15 is 0 Å². The van der Waals surface area contributed by atoms with Gasteiger partial charge in [0, 0.05) is 21.5 Å². The highest BCUT2D eigenvalue weighted by molar-refractivity contribution is 8.14. The van der Waals surface area contributed by atoms with Gasteiger partial charge in [-0.05, 0) is 55.1 Å². The molecule has 0 N–H and O–H groups in total. The van der Waals surface area contributed by atoms with Gasteiger partial charge in [-0.25, -0.2) is 0 Å². The van der Waals surface area contributed by atoms with E-state index in [1.807, 2.05) is 43.3 Å². The third-order valence-electron chi connectivity index (χ3n) is 3.08. The fraction of sp³-hybridized carbons (Fsp3) is 0.0588. The number of benzene rings is 2. The number of nitrogens with zero attached hydrogens (tertiary/aromatic N) is 1. The van der Waals surface area contributed by atoms with E-state index in [0.717, 1.165) is 27.8 Å². The number of hydrogen-bond donors (Lipinski definition) is 0. The third-order valence-corrected chi connectivity index (χ3v) is 4.23. The first-order valence-electron chi connectivity index (χ1n) is 6.63. The highest BCUT2D eigenvalue weighted by Gasteiger charge is 2.15. The molecule has 0 fully saturated rings. The lowest BCUT2D eigenvalue weighted by atomic mass is 10.2. The van der Waals surface area contributed by atoms with Crippen LogP contribution in [0.2, 0.25) is 5.02 Å². The lowest BCUT2D eigenvalue weighted by Gasteiger charge is -1.98. The second-order valence-corrected chi connectivity index (χ2v) is 6.27. The summed E-state index contributed by atoms with van der Waals surface area (Å²) in [4.78, 5) is 13.1. The van der Waals surface area contributed by atoms with Crippen molar-refractivity contribution in [3.8, 4) is 11.3 Å². The maximum absolute atomic E-state index is 12.2. The van der Waals surface area contributed by atoms with Crippen LogP contribution in [0.1, 0.15) is 16.1 Å². The maximum atomic E-state index is 12.2. The summed E-state index contributed by atoms with van der Waals surface area (Å²) in [5.41, 5.74) is 2.29. The molecule has 0 aliphatic rings. The van der Waals surface area contributed by atoms with Gasteiger partial charge >= 0.3 is 0 Å². The Labute approximate surface area is 137 Å². The van der Waals surface area contributed by atoms with Gasteiger partial charge in [0.2, 0.25) is 5.12 Å².